The lowest BCUT2D eigenvalue weighted by atomic mass is 10.1. The Kier molecular flexibility index (Phi) is 5.87. The van der Waals surface area contributed by atoms with Gasteiger partial charge in [0, 0.05) is 19.6 Å². The monoisotopic (exact) mass is 277 g/mol. The van der Waals surface area contributed by atoms with E-state index in [1.807, 2.05) is 24.3 Å². The number of carbonyl (C=O) groups excluding carboxylic acids is 1. The van der Waals surface area contributed by atoms with Crippen molar-refractivity contribution in [2.75, 3.05) is 20.3 Å². The highest BCUT2D eigenvalue weighted by Crippen LogP contribution is 2.18. The van der Waals surface area contributed by atoms with Gasteiger partial charge in [0.25, 0.3) is 0 Å². The molecular formula is C16H23NO3. The Morgan fingerprint density at radius 2 is 2.30 bits per heavy atom. The van der Waals surface area contributed by atoms with Gasteiger partial charge >= 0.3 is 0 Å². The zero-order valence-corrected chi connectivity index (χ0v) is 12.1. The Morgan fingerprint density at radius 1 is 1.45 bits per heavy atom. The molecule has 1 heterocycles. The van der Waals surface area contributed by atoms with Crippen LogP contribution in [0.1, 0.15) is 31.2 Å². The highest BCUT2D eigenvalue weighted by Gasteiger charge is 2.16. The highest BCUT2D eigenvalue weighted by atomic mass is 16.5. The van der Waals surface area contributed by atoms with Crippen molar-refractivity contribution in [3.8, 4) is 5.75 Å². The summed E-state index contributed by atoms with van der Waals surface area (Å²) in [6, 6.07) is 7.89. The first-order chi connectivity index (χ1) is 9.79. The van der Waals surface area contributed by atoms with Crippen LogP contribution >= 0.6 is 0 Å². The van der Waals surface area contributed by atoms with Crippen molar-refractivity contribution in [1.29, 1.82) is 0 Å². The first-order valence-corrected chi connectivity index (χ1v) is 7.30. The fraction of sp³-hybridized carbons (Fsp3) is 0.562. The average Bonchev–Trinajstić information content (AvgIpc) is 2.99. The normalized spacial score (nSPS) is 17.9. The lowest BCUT2D eigenvalue weighted by Gasteiger charge is -2.10. The Hall–Kier alpha value is -1.55. The minimum atomic E-state index is 0.107. The van der Waals surface area contributed by atoms with E-state index < -0.39 is 0 Å². The lowest BCUT2D eigenvalue weighted by Crippen LogP contribution is -2.26. The maximum absolute atomic E-state index is 11.7. The molecule has 4 heteroatoms. The van der Waals surface area contributed by atoms with Crippen LogP contribution in [0.2, 0.25) is 0 Å². The molecule has 20 heavy (non-hydrogen) atoms. The molecule has 1 atom stereocenters. The SMILES string of the molecule is COc1ccccc1CCNC(=O)CCC1CCCO1. The molecule has 1 unspecified atom stereocenters. The molecule has 2 rings (SSSR count). The van der Waals surface area contributed by atoms with Gasteiger partial charge < -0.3 is 14.8 Å². The molecule has 1 aromatic carbocycles. The second kappa shape index (κ2) is 7.90. The van der Waals surface area contributed by atoms with Crippen molar-refractivity contribution in [2.45, 2.75) is 38.2 Å². The van der Waals surface area contributed by atoms with Crippen molar-refractivity contribution >= 4 is 5.91 Å². The molecule has 1 amide bonds. The fourth-order valence-electron chi connectivity index (χ4n) is 2.50. The zero-order valence-electron chi connectivity index (χ0n) is 12.1. The van der Waals surface area contributed by atoms with E-state index in [9.17, 15) is 4.79 Å². The van der Waals surface area contributed by atoms with Crippen molar-refractivity contribution < 1.29 is 14.3 Å². The van der Waals surface area contributed by atoms with Crippen LogP contribution in [0.15, 0.2) is 24.3 Å². The second-order valence-electron chi connectivity index (χ2n) is 5.09. The topological polar surface area (TPSA) is 47.6 Å². The van der Waals surface area contributed by atoms with Crippen LogP contribution in [0.25, 0.3) is 0 Å². The van der Waals surface area contributed by atoms with Crippen molar-refractivity contribution in [3.63, 3.8) is 0 Å². The predicted octanol–water partition coefficient (Wildman–Crippen LogP) is 2.31. The van der Waals surface area contributed by atoms with E-state index in [0.717, 1.165) is 43.6 Å². The summed E-state index contributed by atoms with van der Waals surface area (Å²) in [6.07, 6.45) is 4.68. The number of nitrogens with one attached hydrogen (secondary N) is 1. The van der Waals surface area contributed by atoms with Gasteiger partial charge in [0.2, 0.25) is 5.91 Å². The smallest absolute Gasteiger partial charge is 0.220 e. The summed E-state index contributed by atoms with van der Waals surface area (Å²) < 4.78 is 10.8. The molecule has 0 saturated carbocycles. The average molecular weight is 277 g/mol. The van der Waals surface area contributed by atoms with Gasteiger partial charge in [-0.25, -0.2) is 0 Å². The van der Waals surface area contributed by atoms with Gasteiger partial charge in [-0.05, 0) is 37.3 Å². The Labute approximate surface area is 120 Å². The van der Waals surface area contributed by atoms with Crippen LogP contribution in [0.3, 0.4) is 0 Å². The van der Waals surface area contributed by atoms with Crippen LogP contribution in [-0.2, 0) is 16.0 Å². The number of para-hydroxylation sites is 1. The third kappa shape index (κ3) is 4.53. The molecule has 0 aromatic heterocycles. The van der Waals surface area contributed by atoms with Crippen molar-refractivity contribution in [2.24, 2.45) is 0 Å². The van der Waals surface area contributed by atoms with E-state index in [0.29, 0.717) is 13.0 Å². The maximum Gasteiger partial charge on any atom is 0.220 e. The van der Waals surface area contributed by atoms with Gasteiger partial charge in [-0.1, -0.05) is 18.2 Å². The van der Waals surface area contributed by atoms with E-state index in [2.05, 4.69) is 5.32 Å². The zero-order chi connectivity index (χ0) is 14.2. The number of amides is 1. The molecule has 0 bridgehead atoms. The largest absolute Gasteiger partial charge is 0.496 e. The number of carbonyl (C=O) groups is 1. The van der Waals surface area contributed by atoms with Gasteiger partial charge in [0.15, 0.2) is 0 Å². The number of hydrogen-bond donors (Lipinski definition) is 1. The molecule has 1 fully saturated rings. The number of hydrogen-bond acceptors (Lipinski definition) is 3. The lowest BCUT2D eigenvalue weighted by molar-refractivity contribution is -0.121. The summed E-state index contributed by atoms with van der Waals surface area (Å²) in [6.45, 7) is 1.49. The molecule has 1 aliphatic heterocycles. The minimum Gasteiger partial charge on any atom is -0.496 e. The van der Waals surface area contributed by atoms with E-state index in [4.69, 9.17) is 9.47 Å². The number of benzene rings is 1. The minimum absolute atomic E-state index is 0.107. The molecule has 0 radical (unpaired) electrons. The molecule has 110 valence electrons. The third-order valence-corrected chi connectivity index (χ3v) is 3.63. The van der Waals surface area contributed by atoms with Crippen LogP contribution in [-0.4, -0.2) is 32.3 Å². The Balaban J connectivity index is 1.65. The number of rotatable bonds is 7. The summed E-state index contributed by atoms with van der Waals surface area (Å²) in [5.74, 6) is 0.983. The predicted molar refractivity (Wildman–Crippen MR) is 77.9 cm³/mol. The number of methoxy groups -OCH3 is 1. The van der Waals surface area contributed by atoms with E-state index in [1.165, 1.54) is 0 Å². The van der Waals surface area contributed by atoms with Crippen LogP contribution in [0, 0.1) is 0 Å². The van der Waals surface area contributed by atoms with E-state index in [1.54, 1.807) is 7.11 Å². The molecule has 1 aliphatic rings. The van der Waals surface area contributed by atoms with E-state index >= 15 is 0 Å². The summed E-state index contributed by atoms with van der Waals surface area (Å²) in [7, 11) is 1.67. The summed E-state index contributed by atoms with van der Waals surface area (Å²) in [5, 5.41) is 2.96. The highest BCUT2D eigenvalue weighted by molar-refractivity contribution is 5.75. The van der Waals surface area contributed by atoms with Crippen LogP contribution in [0.5, 0.6) is 5.75 Å². The van der Waals surface area contributed by atoms with Gasteiger partial charge in [-0.3, -0.25) is 4.79 Å². The second-order valence-corrected chi connectivity index (χ2v) is 5.09. The molecule has 1 saturated heterocycles. The first-order valence-electron chi connectivity index (χ1n) is 7.30. The molecule has 1 N–H and O–H groups in total. The molecular weight excluding hydrogens is 254 g/mol. The summed E-state index contributed by atoms with van der Waals surface area (Å²) >= 11 is 0. The molecule has 1 aromatic rings. The first kappa shape index (κ1) is 14.9. The van der Waals surface area contributed by atoms with Crippen molar-refractivity contribution in [1.82, 2.24) is 5.32 Å². The van der Waals surface area contributed by atoms with Gasteiger partial charge in [0.05, 0.1) is 13.2 Å². The Morgan fingerprint density at radius 3 is 3.05 bits per heavy atom. The standard InChI is InChI=1S/C16H23NO3/c1-19-15-7-3-2-5-13(15)10-11-17-16(18)9-8-14-6-4-12-20-14/h2-3,5,7,14H,4,6,8-12H2,1H3,(H,17,18). The van der Waals surface area contributed by atoms with Gasteiger partial charge in [0.1, 0.15) is 5.75 Å². The van der Waals surface area contributed by atoms with Gasteiger partial charge in [-0.15, -0.1) is 0 Å². The van der Waals surface area contributed by atoms with Crippen LogP contribution < -0.4 is 10.1 Å². The Bertz CT molecular complexity index is 427. The molecule has 4 nitrogen and oxygen atoms in total. The van der Waals surface area contributed by atoms with Gasteiger partial charge in [-0.2, -0.15) is 0 Å². The summed E-state index contributed by atoms with van der Waals surface area (Å²) in [4.78, 5) is 11.7. The fourth-order valence-corrected chi connectivity index (χ4v) is 2.50. The third-order valence-electron chi connectivity index (χ3n) is 3.63. The number of ether oxygens (including phenoxy) is 2. The maximum atomic E-state index is 11.7. The molecule has 0 spiro atoms. The summed E-state index contributed by atoms with van der Waals surface area (Å²) in [5.41, 5.74) is 1.12. The quantitative estimate of drug-likeness (QED) is 0.832. The van der Waals surface area contributed by atoms with E-state index in [-0.39, 0.29) is 12.0 Å². The van der Waals surface area contributed by atoms with Crippen molar-refractivity contribution in [3.05, 3.63) is 29.8 Å². The molecule has 0 aliphatic carbocycles. The van der Waals surface area contributed by atoms with Crippen LogP contribution in [0.4, 0.5) is 0 Å².